The maximum Gasteiger partial charge on any atom is 0.224 e. The minimum atomic E-state index is 0.109. The Morgan fingerprint density at radius 3 is 2.67 bits per heavy atom. The molecule has 0 aromatic heterocycles. The molecule has 0 saturated carbocycles. The SMILES string of the molecule is CCCC(=O)Nc1cccc(C)c1CC. The van der Waals surface area contributed by atoms with Gasteiger partial charge in [0.1, 0.15) is 0 Å². The predicted molar refractivity (Wildman–Crippen MR) is 64.1 cm³/mol. The van der Waals surface area contributed by atoms with Crippen molar-refractivity contribution in [2.45, 2.75) is 40.0 Å². The molecule has 1 aromatic rings. The van der Waals surface area contributed by atoms with E-state index < -0.39 is 0 Å². The van der Waals surface area contributed by atoms with E-state index in [9.17, 15) is 4.79 Å². The van der Waals surface area contributed by atoms with Crippen molar-refractivity contribution in [1.82, 2.24) is 0 Å². The number of carbonyl (C=O) groups excluding carboxylic acids is 1. The van der Waals surface area contributed by atoms with Crippen molar-refractivity contribution in [3.8, 4) is 0 Å². The monoisotopic (exact) mass is 205 g/mol. The van der Waals surface area contributed by atoms with Gasteiger partial charge in [-0.3, -0.25) is 4.79 Å². The molecule has 0 aliphatic heterocycles. The van der Waals surface area contributed by atoms with Gasteiger partial charge in [0.05, 0.1) is 0 Å². The third-order valence-corrected chi connectivity index (χ3v) is 2.51. The molecule has 0 spiro atoms. The van der Waals surface area contributed by atoms with Crippen LogP contribution in [0.15, 0.2) is 18.2 Å². The molecule has 1 N–H and O–H groups in total. The number of rotatable bonds is 4. The van der Waals surface area contributed by atoms with Gasteiger partial charge in [0, 0.05) is 12.1 Å². The number of nitrogens with one attached hydrogen (secondary N) is 1. The van der Waals surface area contributed by atoms with Crippen LogP contribution >= 0.6 is 0 Å². The Morgan fingerprint density at radius 2 is 2.07 bits per heavy atom. The molecule has 0 radical (unpaired) electrons. The van der Waals surface area contributed by atoms with Gasteiger partial charge in [-0.15, -0.1) is 0 Å². The van der Waals surface area contributed by atoms with Gasteiger partial charge in [-0.2, -0.15) is 0 Å². The van der Waals surface area contributed by atoms with E-state index in [1.165, 1.54) is 11.1 Å². The molecule has 0 heterocycles. The smallest absolute Gasteiger partial charge is 0.224 e. The van der Waals surface area contributed by atoms with E-state index in [1.54, 1.807) is 0 Å². The minimum absolute atomic E-state index is 0.109. The lowest BCUT2D eigenvalue weighted by Crippen LogP contribution is -2.12. The van der Waals surface area contributed by atoms with Crippen LogP contribution < -0.4 is 5.32 Å². The molecular formula is C13H19NO. The third kappa shape index (κ3) is 3.08. The summed E-state index contributed by atoms with van der Waals surface area (Å²) < 4.78 is 0. The maximum absolute atomic E-state index is 11.5. The van der Waals surface area contributed by atoms with Gasteiger partial charge in [-0.1, -0.05) is 26.0 Å². The van der Waals surface area contributed by atoms with Crippen molar-refractivity contribution >= 4 is 11.6 Å². The highest BCUT2D eigenvalue weighted by atomic mass is 16.1. The van der Waals surface area contributed by atoms with E-state index in [0.717, 1.165) is 18.5 Å². The summed E-state index contributed by atoms with van der Waals surface area (Å²) in [6, 6.07) is 6.03. The average molecular weight is 205 g/mol. The normalized spacial score (nSPS) is 10.1. The second kappa shape index (κ2) is 5.54. The highest BCUT2D eigenvalue weighted by molar-refractivity contribution is 5.91. The fourth-order valence-electron chi connectivity index (χ4n) is 1.73. The van der Waals surface area contributed by atoms with Crippen molar-refractivity contribution in [3.63, 3.8) is 0 Å². The first-order valence-corrected chi connectivity index (χ1v) is 5.57. The molecule has 1 rings (SSSR count). The molecule has 0 unspecified atom stereocenters. The van der Waals surface area contributed by atoms with Gasteiger partial charge in [-0.25, -0.2) is 0 Å². The van der Waals surface area contributed by atoms with Crippen molar-refractivity contribution in [1.29, 1.82) is 0 Å². The van der Waals surface area contributed by atoms with Crippen LogP contribution in [0.2, 0.25) is 0 Å². The summed E-state index contributed by atoms with van der Waals surface area (Å²) in [4.78, 5) is 11.5. The zero-order valence-electron chi connectivity index (χ0n) is 9.76. The summed E-state index contributed by atoms with van der Waals surface area (Å²) in [5, 5.41) is 2.96. The number of aryl methyl sites for hydroxylation is 1. The number of anilines is 1. The van der Waals surface area contributed by atoms with Crippen LogP contribution in [0.1, 0.15) is 37.8 Å². The molecule has 2 nitrogen and oxygen atoms in total. The predicted octanol–water partition coefficient (Wildman–Crippen LogP) is 3.30. The first kappa shape index (κ1) is 11.8. The Bertz CT molecular complexity index is 344. The van der Waals surface area contributed by atoms with Crippen molar-refractivity contribution in [2.75, 3.05) is 5.32 Å². The van der Waals surface area contributed by atoms with E-state index in [1.807, 2.05) is 19.1 Å². The van der Waals surface area contributed by atoms with E-state index in [0.29, 0.717) is 6.42 Å². The highest BCUT2D eigenvalue weighted by Crippen LogP contribution is 2.20. The van der Waals surface area contributed by atoms with Crippen LogP contribution in [0.5, 0.6) is 0 Å². The summed E-state index contributed by atoms with van der Waals surface area (Å²) >= 11 is 0. The van der Waals surface area contributed by atoms with Gasteiger partial charge in [-0.05, 0) is 37.0 Å². The number of hydrogen-bond donors (Lipinski definition) is 1. The Morgan fingerprint density at radius 1 is 1.33 bits per heavy atom. The molecule has 0 aliphatic rings. The zero-order valence-corrected chi connectivity index (χ0v) is 9.76. The Hall–Kier alpha value is -1.31. The molecule has 0 aliphatic carbocycles. The molecule has 0 fully saturated rings. The lowest BCUT2D eigenvalue weighted by Gasteiger charge is -2.11. The second-order valence-corrected chi connectivity index (χ2v) is 3.75. The molecule has 1 amide bonds. The van der Waals surface area contributed by atoms with E-state index in [4.69, 9.17) is 0 Å². The summed E-state index contributed by atoms with van der Waals surface area (Å²) in [5.41, 5.74) is 3.45. The topological polar surface area (TPSA) is 29.1 Å². The number of benzene rings is 1. The summed E-state index contributed by atoms with van der Waals surface area (Å²) in [6.07, 6.45) is 2.44. The number of hydrogen-bond acceptors (Lipinski definition) is 1. The van der Waals surface area contributed by atoms with E-state index in [2.05, 4.69) is 25.2 Å². The quantitative estimate of drug-likeness (QED) is 0.802. The molecule has 2 heteroatoms. The van der Waals surface area contributed by atoms with Crippen LogP contribution in [0.25, 0.3) is 0 Å². The largest absolute Gasteiger partial charge is 0.326 e. The zero-order chi connectivity index (χ0) is 11.3. The molecule has 0 bridgehead atoms. The summed E-state index contributed by atoms with van der Waals surface area (Å²) in [7, 11) is 0. The second-order valence-electron chi connectivity index (χ2n) is 3.75. The number of amides is 1. The molecule has 15 heavy (non-hydrogen) atoms. The molecular weight excluding hydrogens is 186 g/mol. The first-order chi connectivity index (χ1) is 7.19. The first-order valence-electron chi connectivity index (χ1n) is 5.57. The molecule has 82 valence electrons. The Labute approximate surface area is 91.7 Å². The van der Waals surface area contributed by atoms with E-state index >= 15 is 0 Å². The fraction of sp³-hybridized carbons (Fsp3) is 0.462. The highest BCUT2D eigenvalue weighted by Gasteiger charge is 2.06. The maximum atomic E-state index is 11.5. The fourth-order valence-corrected chi connectivity index (χ4v) is 1.73. The van der Waals surface area contributed by atoms with Crippen LogP contribution in [0, 0.1) is 6.92 Å². The van der Waals surface area contributed by atoms with Gasteiger partial charge in [0.2, 0.25) is 5.91 Å². The lowest BCUT2D eigenvalue weighted by molar-refractivity contribution is -0.116. The molecule has 0 atom stereocenters. The van der Waals surface area contributed by atoms with Gasteiger partial charge >= 0.3 is 0 Å². The van der Waals surface area contributed by atoms with Gasteiger partial charge < -0.3 is 5.32 Å². The lowest BCUT2D eigenvalue weighted by atomic mass is 10.0. The summed E-state index contributed by atoms with van der Waals surface area (Å²) in [6.45, 7) is 6.20. The van der Waals surface area contributed by atoms with E-state index in [-0.39, 0.29) is 5.91 Å². The van der Waals surface area contributed by atoms with Crippen LogP contribution in [0.3, 0.4) is 0 Å². The average Bonchev–Trinajstić information content (AvgIpc) is 2.18. The third-order valence-electron chi connectivity index (χ3n) is 2.51. The Balaban J connectivity index is 2.84. The standard InChI is InChI=1S/C13H19NO/c1-4-7-13(15)14-12-9-6-8-10(3)11(12)5-2/h6,8-9H,4-5,7H2,1-3H3,(H,14,15). The van der Waals surface area contributed by atoms with Gasteiger partial charge in [0.25, 0.3) is 0 Å². The minimum Gasteiger partial charge on any atom is -0.326 e. The van der Waals surface area contributed by atoms with Crippen LogP contribution in [0.4, 0.5) is 5.69 Å². The molecule has 1 aromatic carbocycles. The molecule has 0 saturated heterocycles. The van der Waals surface area contributed by atoms with Crippen LogP contribution in [-0.2, 0) is 11.2 Å². The van der Waals surface area contributed by atoms with Crippen LogP contribution in [-0.4, -0.2) is 5.91 Å². The van der Waals surface area contributed by atoms with Gasteiger partial charge in [0.15, 0.2) is 0 Å². The Kier molecular flexibility index (Phi) is 4.35. The number of carbonyl (C=O) groups is 1. The summed E-state index contributed by atoms with van der Waals surface area (Å²) in [5.74, 6) is 0.109. The van der Waals surface area contributed by atoms with Crippen molar-refractivity contribution in [2.24, 2.45) is 0 Å². The van der Waals surface area contributed by atoms with Crippen molar-refractivity contribution < 1.29 is 4.79 Å². The van der Waals surface area contributed by atoms with Crippen molar-refractivity contribution in [3.05, 3.63) is 29.3 Å².